The van der Waals surface area contributed by atoms with Gasteiger partial charge in [0.25, 0.3) is 5.91 Å². The standard InChI is InChI=1S/C27H23Cl2F6N3O4/c1-37(24(41)14-6-16(26(30,31)32)11-17(7-14)27(33,34)35)21-4-5-38(25(42)15-9-22(39)36-23(40)10-15)12-18(21)13-2-3-19(28)20(29)8-13/h2-3,6-8,11,15,18,21H,4-5,9-10,12H2,1H3,(H,36,39,40)/t18-,21+/m0/s1. The van der Waals surface area contributed by atoms with Crippen LogP contribution in [0.4, 0.5) is 26.3 Å². The molecule has 0 aliphatic carbocycles. The number of amides is 4. The van der Waals surface area contributed by atoms with E-state index in [9.17, 15) is 45.5 Å². The average molecular weight is 638 g/mol. The molecule has 2 aromatic rings. The summed E-state index contributed by atoms with van der Waals surface area (Å²) in [5.41, 5.74) is -3.55. The molecular weight excluding hydrogens is 615 g/mol. The average Bonchev–Trinajstić information content (AvgIpc) is 2.91. The second-order valence-electron chi connectivity index (χ2n) is 10.2. The third-order valence-electron chi connectivity index (χ3n) is 7.40. The van der Waals surface area contributed by atoms with Crippen LogP contribution in [-0.4, -0.2) is 59.6 Å². The lowest BCUT2D eigenvalue weighted by atomic mass is 9.83. The molecular formula is C27H23Cl2F6N3O4. The van der Waals surface area contributed by atoms with E-state index in [1.165, 1.54) is 24.1 Å². The fourth-order valence-electron chi connectivity index (χ4n) is 5.32. The zero-order chi connectivity index (χ0) is 31.1. The van der Waals surface area contributed by atoms with E-state index >= 15 is 0 Å². The van der Waals surface area contributed by atoms with Gasteiger partial charge in [0.2, 0.25) is 17.7 Å². The number of likely N-dealkylation sites (tertiary alicyclic amines) is 1. The third kappa shape index (κ3) is 6.83. The van der Waals surface area contributed by atoms with E-state index < -0.39 is 70.5 Å². The van der Waals surface area contributed by atoms with Gasteiger partial charge < -0.3 is 9.80 Å². The molecule has 2 aliphatic rings. The Kier molecular flexibility index (Phi) is 8.85. The highest BCUT2D eigenvalue weighted by Crippen LogP contribution is 2.38. The first-order valence-corrected chi connectivity index (χ1v) is 13.3. The number of carbonyl (C=O) groups excluding carboxylic acids is 4. The molecule has 42 heavy (non-hydrogen) atoms. The van der Waals surface area contributed by atoms with Crippen molar-refractivity contribution in [3.63, 3.8) is 0 Å². The quantitative estimate of drug-likeness (QED) is 0.352. The summed E-state index contributed by atoms with van der Waals surface area (Å²) in [4.78, 5) is 52.9. The summed E-state index contributed by atoms with van der Waals surface area (Å²) in [6, 6.07) is 4.44. The summed E-state index contributed by atoms with van der Waals surface area (Å²) in [6.07, 6.45) is -10.6. The van der Waals surface area contributed by atoms with Gasteiger partial charge in [0, 0.05) is 50.5 Å². The number of likely N-dealkylation sites (N-methyl/N-ethyl adjacent to an activating group) is 1. The van der Waals surface area contributed by atoms with Crippen molar-refractivity contribution in [1.29, 1.82) is 0 Å². The van der Waals surface area contributed by atoms with Gasteiger partial charge in [-0.2, -0.15) is 26.3 Å². The first-order chi connectivity index (χ1) is 19.5. The van der Waals surface area contributed by atoms with Gasteiger partial charge in [-0.15, -0.1) is 0 Å². The highest BCUT2D eigenvalue weighted by Gasteiger charge is 2.42. The number of rotatable bonds is 4. The lowest BCUT2D eigenvalue weighted by Crippen LogP contribution is -2.54. The monoisotopic (exact) mass is 637 g/mol. The number of hydrogen-bond donors (Lipinski definition) is 1. The molecule has 4 rings (SSSR count). The summed E-state index contributed by atoms with van der Waals surface area (Å²) >= 11 is 12.2. The zero-order valence-corrected chi connectivity index (χ0v) is 23.3. The van der Waals surface area contributed by atoms with Crippen molar-refractivity contribution < 1.29 is 45.5 Å². The van der Waals surface area contributed by atoms with Crippen LogP contribution >= 0.6 is 23.2 Å². The number of nitrogens with one attached hydrogen (secondary N) is 1. The molecule has 2 aliphatic heterocycles. The molecule has 2 atom stereocenters. The van der Waals surface area contributed by atoms with Crippen molar-refractivity contribution in [3.05, 3.63) is 68.7 Å². The minimum absolute atomic E-state index is 0.0399. The van der Waals surface area contributed by atoms with Crippen molar-refractivity contribution in [1.82, 2.24) is 15.1 Å². The topological polar surface area (TPSA) is 86.8 Å². The normalized spacial score (nSPS) is 20.4. The van der Waals surface area contributed by atoms with Crippen LogP contribution in [0.15, 0.2) is 36.4 Å². The van der Waals surface area contributed by atoms with Crippen LogP contribution in [0.1, 0.15) is 52.2 Å². The third-order valence-corrected chi connectivity index (χ3v) is 8.14. The van der Waals surface area contributed by atoms with E-state index in [-0.39, 0.29) is 48.5 Å². The van der Waals surface area contributed by atoms with Crippen molar-refractivity contribution in [2.75, 3.05) is 20.1 Å². The van der Waals surface area contributed by atoms with Crippen LogP contribution in [0.3, 0.4) is 0 Å². The molecule has 15 heteroatoms. The Labute approximate surface area is 245 Å². The highest BCUT2D eigenvalue weighted by molar-refractivity contribution is 6.42. The Morgan fingerprint density at radius 2 is 1.48 bits per heavy atom. The van der Waals surface area contributed by atoms with E-state index in [0.29, 0.717) is 17.7 Å². The number of alkyl halides is 6. The van der Waals surface area contributed by atoms with Gasteiger partial charge in [0.1, 0.15) is 0 Å². The predicted molar refractivity (Wildman–Crippen MR) is 139 cm³/mol. The number of piperidine rings is 2. The highest BCUT2D eigenvalue weighted by atomic mass is 35.5. The number of hydrogen-bond acceptors (Lipinski definition) is 4. The van der Waals surface area contributed by atoms with Gasteiger partial charge in [0.15, 0.2) is 0 Å². The van der Waals surface area contributed by atoms with Crippen LogP contribution < -0.4 is 5.32 Å². The molecule has 7 nitrogen and oxygen atoms in total. The second-order valence-corrected chi connectivity index (χ2v) is 11.0. The molecule has 0 saturated carbocycles. The smallest absolute Gasteiger partial charge is 0.342 e. The molecule has 2 saturated heterocycles. The molecule has 0 unspecified atom stereocenters. The number of imide groups is 1. The van der Waals surface area contributed by atoms with Crippen molar-refractivity contribution >= 4 is 46.8 Å². The van der Waals surface area contributed by atoms with Gasteiger partial charge in [-0.1, -0.05) is 29.3 Å². The maximum Gasteiger partial charge on any atom is 0.416 e. The van der Waals surface area contributed by atoms with Crippen LogP contribution in [0.2, 0.25) is 10.0 Å². The fraction of sp³-hybridized carbons (Fsp3) is 0.407. The summed E-state index contributed by atoms with van der Waals surface area (Å²) in [7, 11) is 1.26. The molecule has 4 amide bonds. The minimum atomic E-state index is -5.14. The molecule has 0 radical (unpaired) electrons. The lowest BCUT2D eigenvalue weighted by Gasteiger charge is -2.44. The zero-order valence-electron chi connectivity index (χ0n) is 21.8. The van der Waals surface area contributed by atoms with Crippen molar-refractivity contribution in [2.45, 2.75) is 43.6 Å². The van der Waals surface area contributed by atoms with Gasteiger partial charge in [0.05, 0.1) is 27.1 Å². The number of benzene rings is 2. The Morgan fingerprint density at radius 3 is 2.00 bits per heavy atom. The molecule has 0 spiro atoms. The van der Waals surface area contributed by atoms with Gasteiger partial charge >= 0.3 is 12.4 Å². The molecule has 2 aromatic carbocycles. The summed E-state index contributed by atoms with van der Waals surface area (Å²) in [5, 5.41) is 2.48. The first kappa shape index (κ1) is 31.6. The van der Waals surface area contributed by atoms with Crippen LogP contribution in [0.5, 0.6) is 0 Å². The van der Waals surface area contributed by atoms with Gasteiger partial charge in [-0.05, 0) is 42.3 Å². The number of nitrogens with zero attached hydrogens (tertiary/aromatic N) is 2. The predicted octanol–water partition coefficient (Wildman–Crippen LogP) is 5.54. The molecule has 2 fully saturated rings. The number of carbonyl (C=O) groups is 4. The van der Waals surface area contributed by atoms with Crippen molar-refractivity contribution in [2.24, 2.45) is 5.92 Å². The van der Waals surface area contributed by atoms with E-state index in [2.05, 4.69) is 5.32 Å². The molecule has 2 heterocycles. The molecule has 226 valence electrons. The first-order valence-electron chi connectivity index (χ1n) is 12.6. The Morgan fingerprint density at radius 1 is 0.905 bits per heavy atom. The van der Waals surface area contributed by atoms with Gasteiger partial charge in [-0.3, -0.25) is 24.5 Å². The largest absolute Gasteiger partial charge is 0.416 e. The van der Waals surface area contributed by atoms with Crippen molar-refractivity contribution in [3.8, 4) is 0 Å². The van der Waals surface area contributed by atoms with Crippen LogP contribution in [0, 0.1) is 5.92 Å². The van der Waals surface area contributed by atoms with E-state index in [4.69, 9.17) is 23.2 Å². The van der Waals surface area contributed by atoms with Crippen LogP contribution in [-0.2, 0) is 26.7 Å². The summed E-state index contributed by atoms with van der Waals surface area (Å²) < 4.78 is 80.6. The second kappa shape index (κ2) is 11.8. The summed E-state index contributed by atoms with van der Waals surface area (Å²) in [5.74, 6) is -4.34. The molecule has 0 aromatic heterocycles. The maximum atomic E-state index is 13.4. The van der Waals surface area contributed by atoms with Crippen LogP contribution in [0.25, 0.3) is 0 Å². The summed E-state index contributed by atoms with van der Waals surface area (Å²) in [6.45, 7) is 0.00340. The number of halogens is 8. The van der Waals surface area contributed by atoms with E-state index in [1.807, 2.05) is 0 Å². The fourth-order valence-corrected chi connectivity index (χ4v) is 5.62. The van der Waals surface area contributed by atoms with Gasteiger partial charge in [-0.25, -0.2) is 0 Å². The SMILES string of the molecule is CN(C(=O)c1cc(C(F)(F)F)cc(C(F)(F)F)c1)[C@@H]1CCN(C(=O)C2CC(=O)NC(=O)C2)C[C@H]1c1ccc(Cl)c(Cl)c1. The Hall–Kier alpha value is -3.32. The lowest BCUT2D eigenvalue weighted by molar-refractivity contribution is -0.146. The van der Waals surface area contributed by atoms with E-state index in [1.54, 1.807) is 6.07 Å². The maximum absolute atomic E-state index is 13.4. The van der Waals surface area contributed by atoms with E-state index in [0.717, 1.165) is 4.90 Å². The molecule has 0 bridgehead atoms. The molecule has 1 N–H and O–H groups in total. The Balaban J connectivity index is 1.68. The Bertz CT molecular complexity index is 1380. The minimum Gasteiger partial charge on any atom is -0.342 e.